The Bertz CT molecular complexity index is 130. The van der Waals surface area contributed by atoms with Crippen molar-refractivity contribution >= 4 is 0 Å². The lowest BCUT2D eigenvalue weighted by Gasteiger charge is -1.99. The molecule has 0 aromatic carbocycles. The van der Waals surface area contributed by atoms with Gasteiger partial charge in [-0.2, -0.15) is 0 Å². The number of hydrogen-bond acceptors (Lipinski definition) is 1. The van der Waals surface area contributed by atoms with Gasteiger partial charge in [0.1, 0.15) is 0 Å². The van der Waals surface area contributed by atoms with E-state index in [1.165, 1.54) is 11.1 Å². The van der Waals surface area contributed by atoms with E-state index in [2.05, 4.69) is 31.8 Å². The summed E-state index contributed by atoms with van der Waals surface area (Å²) in [6.07, 6.45) is 2.17. The zero-order valence-corrected chi connectivity index (χ0v) is 7.20. The molecule has 1 N–H and O–H groups in total. The highest BCUT2D eigenvalue weighted by atomic mass is 14.8. The molecule has 0 rings (SSSR count). The maximum absolute atomic E-state index is 3.79. The van der Waals surface area contributed by atoms with E-state index in [-0.39, 0.29) is 0 Å². The first-order valence-corrected chi connectivity index (χ1v) is 3.61. The lowest BCUT2D eigenvalue weighted by molar-refractivity contribution is 0.812. The second kappa shape index (κ2) is 5.24. The summed E-state index contributed by atoms with van der Waals surface area (Å²) >= 11 is 0. The highest BCUT2D eigenvalue weighted by Gasteiger charge is 1.82. The third-order valence-corrected chi connectivity index (χ3v) is 1.08. The van der Waals surface area contributed by atoms with Crippen LogP contribution in [0.15, 0.2) is 23.8 Å². The maximum Gasteiger partial charge on any atom is 0.0162 e. The molecule has 0 aliphatic heterocycles. The van der Waals surface area contributed by atoms with Crippen molar-refractivity contribution < 1.29 is 0 Å². The van der Waals surface area contributed by atoms with Crippen LogP contribution in [0.2, 0.25) is 0 Å². The summed E-state index contributed by atoms with van der Waals surface area (Å²) < 4.78 is 0. The largest absolute Gasteiger partial charge is 0.310 e. The topological polar surface area (TPSA) is 12.0 Å². The Labute approximate surface area is 63.8 Å². The molecule has 0 aromatic heterocycles. The van der Waals surface area contributed by atoms with E-state index < -0.39 is 0 Å². The van der Waals surface area contributed by atoms with Gasteiger partial charge in [0.2, 0.25) is 0 Å². The van der Waals surface area contributed by atoms with Gasteiger partial charge >= 0.3 is 0 Å². The van der Waals surface area contributed by atoms with Crippen LogP contribution in [-0.2, 0) is 0 Å². The van der Waals surface area contributed by atoms with Crippen LogP contribution < -0.4 is 5.32 Å². The fraction of sp³-hybridized carbons (Fsp3) is 0.556. The van der Waals surface area contributed by atoms with Crippen LogP contribution >= 0.6 is 0 Å². The summed E-state index contributed by atoms with van der Waals surface area (Å²) in [7, 11) is 0. The molecule has 0 fully saturated rings. The third-order valence-electron chi connectivity index (χ3n) is 1.08. The van der Waals surface area contributed by atoms with Crippen molar-refractivity contribution in [2.45, 2.75) is 20.8 Å². The molecule has 0 aliphatic rings. The molecule has 10 heavy (non-hydrogen) atoms. The van der Waals surface area contributed by atoms with Gasteiger partial charge in [0.15, 0.2) is 0 Å². The first-order chi connectivity index (χ1) is 4.63. The van der Waals surface area contributed by atoms with Crippen molar-refractivity contribution in [3.8, 4) is 0 Å². The Kier molecular flexibility index (Phi) is 4.95. The summed E-state index contributed by atoms with van der Waals surface area (Å²) in [6.45, 7) is 11.9. The number of allylic oxidation sites excluding steroid dienone is 1. The quantitative estimate of drug-likeness (QED) is 0.464. The summed E-state index contributed by atoms with van der Waals surface area (Å²) in [6, 6.07) is 0. The summed E-state index contributed by atoms with van der Waals surface area (Å²) in [4.78, 5) is 0. The average molecular weight is 139 g/mol. The molecule has 0 amide bonds. The molecule has 0 spiro atoms. The van der Waals surface area contributed by atoms with Gasteiger partial charge < -0.3 is 5.32 Å². The van der Waals surface area contributed by atoms with Gasteiger partial charge in [-0.1, -0.05) is 23.8 Å². The molecule has 1 nitrogen and oxygen atoms in total. The van der Waals surface area contributed by atoms with Crippen LogP contribution in [0.5, 0.6) is 0 Å². The third kappa shape index (κ3) is 7.44. The van der Waals surface area contributed by atoms with Gasteiger partial charge in [0.05, 0.1) is 0 Å². The van der Waals surface area contributed by atoms with Gasteiger partial charge in [-0.05, 0) is 20.8 Å². The predicted molar refractivity (Wildman–Crippen MR) is 47.1 cm³/mol. The summed E-state index contributed by atoms with van der Waals surface area (Å²) in [5, 5.41) is 3.24. The first-order valence-electron chi connectivity index (χ1n) is 3.61. The zero-order chi connectivity index (χ0) is 7.98. The number of rotatable bonds is 4. The van der Waals surface area contributed by atoms with E-state index >= 15 is 0 Å². The van der Waals surface area contributed by atoms with Crippen molar-refractivity contribution in [1.29, 1.82) is 0 Å². The molecule has 58 valence electrons. The van der Waals surface area contributed by atoms with Gasteiger partial charge in [-0.3, -0.25) is 0 Å². The van der Waals surface area contributed by atoms with Crippen molar-refractivity contribution in [2.24, 2.45) is 0 Å². The maximum atomic E-state index is 3.79. The van der Waals surface area contributed by atoms with Crippen LogP contribution in [0.3, 0.4) is 0 Å². The number of nitrogens with one attached hydrogen (secondary N) is 1. The van der Waals surface area contributed by atoms with Crippen molar-refractivity contribution in [1.82, 2.24) is 5.32 Å². The highest BCUT2D eigenvalue weighted by Crippen LogP contribution is 1.86. The monoisotopic (exact) mass is 139 g/mol. The summed E-state index contributed by atoms with van der Waals surface area (Å²) in [5.74, 6) is 0. The SMILES string of the molecule is C=C(C)CNCC=C(C)C. The standard InChI is InChI=1S/C9H17N/c1-8(2)5-6-10-7-9(3)4/h5,10H,3,6-7H2,1-2,4H3. The zero-order valence-electron chi connectivity index (χ0n) is 7.20. The molecule has 0 radical (unpaired) electrons. The molecule has 0 aliphatic carbocycles. The molecular formula is C9H17N. The van der Waals surface area contributed by atoms with E-state index in [0.29, 0.717) is 0 Å². The Hall–Kier alpha value is -0.560. The second-order valence-corrected chi connectivity index (χ2v) is 2.87. The fourth-order valence-electron chi connectivity index (χ4n) is 0.562. The lowest BCUT2D eigenvalue weighted by Crippen LogP contribution is -2.15. The minimum absolute atomic E-state index is 0.920. The summed E-state index contributed by atoms with van der Waals surface area (Å²) in [5.41, 5.74) is 2.54. The molecular weight excluding hydrogens is 122 g/mol. The molecule has 0 saturated heterocycles. The van der Waals surface area contributed by atoms with E-state index in [9.17, 15) is 0 Å². The normalized spacial score (nSPS) is 9.10. The van der Waals surface area contributed by atoms with Gasteiger partial charge in [-0.25, -0.2) is 0 Å². The Balaban J connectivity index is 3.21. The molecule has 0 aromatic rings. The first kappa shape index (κ1) is 9.44. The molecule has 0 bridgehead atoms. The minimum Gasteiger partial charge on any atom is -0.310 e. The fourth-order valence-corrected chi connectivity index (χ4v) is 0.562. The Morgan fingerprint density at radius 2 is 2.00 bits per heavy atom. The van der Waals surface area contributed by atoms with E-state index in [1.807, 2.05) is 6.92 Å². The van der Waals surface area contributed by atoms with Gasteiger partial charge in [0.25, 0.3) is 0 Å². The predicted octanol–water partition coefficient (Wildman–Crippen LogP) is 2.12. The van der Waals surface area contributed by atoms with E-state index in [4.69, 9.17) is 0 Å². The lowest BCUT2D eigenvalue weighted by atomic mass is 10.3. The molecule has 1 heteroatoms. The smallest absolute Gasteiger partial charge is 0.0162 e. The molecule has 0 saturated carbocycles. The van der Waals surface area contributed by atoms with Gasteiger partial charge in [0, 0.05) is 13.1 Å². The minimum atomic E-state index is 0.920. The van der Waals surface area contributed by atoms with E-state index in [0.717, 1.165) is 13.1 Å². The van der Waals surface area contributed by atoms with Crippen molar-refractivity contribution in [3.63, 3.8) is 0 Å². The van der Waals surface area contributed by atoms with E-state index in [1.54, 1.807) is 0 Å². The molecule has 0 heterocycles. The van der Waals surface area contributed by atoms with Crippen LogP contribution in [0, 0.1) is 0 Å². The van der Waals surface area contributed by atoms with Crippen molar-refractivity contribution in [3.05, 3.63) is 23.8 Å². The second-order valence-electron chi connectivity index (χ2n) is 2.87. The number of hydrogen-bond donors (Lipinski definition) is 1. The average Bonchev–Trinajstić information content (AvgIpc) is 1.79. The Morgan fingerprint density at radius 1 is 1.40 bits per heavy atom. The van der Waals surface area contributed by atoms with Crippen LogP contribution in [0.1, 0.15) is 20.8 Å². The van der Waals surface area contributed by atoms with Crippen LogP contribution in [0.25, 0.3) is 0 Å². The van der Waals surface area contributed by atoms with Crippen LogP contribution in [-0.4, -0.2) is 13.1 Å². The Morgan fingerprint density at radius 3 is 2.40 bits per heavy atom. The van der Waals surface area contributed by atoms with Crippen molar-refractivity contribution in [2.75, 3.05) is 13.1 Å². The van der Waals surface area contributed by atoms with Crippen LogP contribution in [0.4, 0.5) is 0 Å². The highest BCUT2D eigenvalue weighted by molar-refractivity contribution is 4.96. The van der Waals surface area contributed by atoms with Gasteiger partial charge in [-0.15, -0.1) is 0 Å². The molecule has 0 atom stereocenters. The molecule has 0 unspecified atom stereocenters.